The predicted octanol–water partition coefficient (Wildman–Crippen LogP) is 1.17. The maximum atomic E-state index is 11.7. The van der Waals surface area contributed by atoms with Gasteiger partial charge in [-0.2, -0.15) is 0 Å². The number of rotatable bonds is 5. The smallest absolute Gasteiger partial charge is 0.286 e. The van der Waals surface area contributed by atoms with Crippen LogP contribution in [0.5, 0.6) is 11.5 Å². The van der Waals surface area contributed by atoms with Gasteiger partial charge in [-0.05, 0) is 36.8 Å². The van der Waals surface area contributed by atoms with Crippen LogP contribution in [-0.4, -0.2) is 30.5 Å². The number of carbonyl (C=O) groups excluding carboxylic acids is 2. The third-order valence-electron chi connectivity index (χ3n) is 2.84. The van der Waals surface area contributed by atoms with Gasteiger partial charge in [-0.15, -0.1) is 0 Å². The van der Waals surface area contributed by atoms with Crippen LogP contribution in [0.3, 0.4) is 0 Å². The number of aromatic nitrogens is 1. The van der Waals surface area contributed by atoms with Gasteiger partial charge in [0, 0.05) is 6.20 Å². The number of hydrazine groups is 1. The second-order valence-corrected chi connectivity index (χ2v) is 4.53. The van der Waals surface area contributed by atoms with Crippen molar-refractivity contribution in [1.82, 2.24) is 15.8 Å². The zero-order chi connectivity index (χ0) is 15.9. The molecule has 1 heterocycles. The number of methoxy groups -OCH3 is 1. The van der Waals surface area contributed by atoms with Crippen LogP contribution in [0.15, 0.2) is 36.5 Å². The number of aromatic amines is 1. The standard InChI is InChI=1S/C15H17N3O4/c1-10-5-6-12(13(8-10)21-2)22-9-14(19)17-18-15(20)11-4-3-7-16-11/h3-8,16H,9H2,1-2H3,(H,17,19)(H,18,20). The Morgan fingerprint density at radius 3 is 2.68 bits per heavy atom. The highest BCUT2D eigenvalue weighted by molar-refractivity contribution is 5.93. The van der Waals surface area contributed by atoms with Crippen molar-refractivity contribution in [3.05, 3.63) is 47.8 Å². The fourth-order valence-electron chi connectivity index (χ4n) is 1.74. The molecule has 7 nitrogen and oxygen atoms in total. The Morgan fingerprint density at radius 1 is 1.18 bits per heavy atom. The molecule has 0 spiro atoms. The van der Waals surface area contributed by atoms with Gasteiger partial charge in [0.05, 0.1) is 7.11 Å². The van der Waals surface area contributed by atoms with E-state index in [9.17, 15) is 9.59 Å². The molecule has 0 saturated carbocycles. The highest BCUT2D eigenvalue weighted by atomic mass is 16.5. The summed E-state index contributed by atoms with van der Waals surface area (Å²) < 4.78 is 10.5. The van der Waals surface area contributed by atoms with Crippen molar-refractivity contribution in [1.29, 1.82) is 0 Å². The number of benzene rings is 1. The lowest BCUT2D eigenvalue weighted by molar-refractivity contribution is -0.123. The molecule has 0 radical (unpaired) electrons. The minimum absolute atomic E-state index is 0.246. The molecule has 0 unspecified atom stereocenters. The lowest BCUT2D eigenvalue weighted by atomic mass is 10.2. The maximum absolute atomic E-state index is 11.7. The molecule has 0 atom stereocenters. The van der Waals surface area contributed by atoms with E-state index in [0.29, 0.717) is 17.2 Å². The number of ether oxygens (including phenoxy) is 2. The number of hydrogen-bond donors (Lipinski definition) is 3. The van der Waals surface area contributed by atoms with Crippen LogP contribution in [0.25, 0.3) is 0 Å². The van der Waals surface area contributed by atoms with Crippen LogP contribution in [0, 0.1) is 6.92 Å². The summed E-state index contributed by atoms with van der Waals surface area (Å²) in [6.07, 6.45) is 1.61. The van der Waals surface area contributed by atoms with E-state index in [0.717, 1.165) is 5.56 Å². The van der Waals surface area contributed by atoms with Crippen molar-refractivity contribution in [3.8, 4) is 11.5 Å². The van der Waals surface area contributed by atoms with E-state index in [2.05, 4.69) is 15.8 Å². The number of amides is 2. The Labute approximate surface area is 127 Å². The quantitative estimate of drug-likeness (QED) is 0.723. The van der Waals surface area contributed by atoms with Gasteiger partial charge in [0.2, 0.25) is 0 Å². The Kier molecular flexibility index (Phi) is 5.02. The van der Waals surface area contributed by atoms with Crippen LogP contribution in [0.4, 0.5) is 0 Å². The van der Waals surface area contributed by atoms with Gasteiger partial charge in [-0.1, -0.05) is 6.07 Å². The van der Waals surface area contributed by atoms with Crippen LogP contribution in [-0.2, 0) is 4.79 Å². The molecule has 2 amide bonds. The number of hydrogen-bond acceptors (Lipinski definition) is 4. The van der Waals surface area contributed by atoms with Crippen molar-refractivity contribution in [2.75, 3.05) is 13.7 Å². The van der Waals surface area contributed by atoms with Gasteiger partial charge < -0.3 is 14.5 Å². The summed E-state index contributed by atoms with van der Waals surface area (Å²) in [4.78, 5) is 26.0. The predicted molar refractivity (Wildman–Crippen MR) is 79.6 cm³/mol. The first-order chi connectivity index (χ1) is 10.6. The van der Waals surface area contributed by atoms with Crippen molar-refractivity contribution in [3.63, 3.8) is 0 Å². The minimum atomic E-state index is -0.484. The molecule has 7 heteroatoms. The monoisotopic (exact) mass is 303 g/mol. The average Bonchev–Trinajstić information content (AvgIpc) is 3.05. The van der Waals surface area contributed by atoms with Crippen molar-refractivity contribution in [2.45, 2.75) is 6.92 Å². The lowest BCUT2D eigenvalue weighted by Crippen LogP contribution is -2.43. The zero-order valence-corrected chi connectivity index (χ0v) is 12.3. The Balaban J connectivity index is 1.82. The van der Waals surface area contributed by atoms with E-state index in [4.69, 9.17) is 9.47 Å². The molecule has 0 bridgehead atoms. The molecule has 0 saturated heterocycles. The second kappa shape index (κ2) is 7.16. The summed E-state index contributed by atoms with van der Waals surface area (Å²) in [7, 11) is 1.53. The summed E-state index contributed by atoms with van der Waals surface area (Å²) in [5, 5.41) is 0. The molecular weight excluding hydrogens is 286 g/mol. The van der Waals surface area contributed by atoms with E-state index in [1.165, 1.54) is 7.11 Å². The van der Waals surface area contributed by atoms with Gasteiger partial charge in [-0.25, -0.2) is 0 Å². The molecule has 1 aromatic heterocycles. The molecular formula is C15H17N3O4. The fourth-order valence-corrected chi connectivity index (χ4v) is 1.74. The summed E-state index contributed by atoms with van der Waals surface area (Å²) in [5.41, 5.74) is 5.91. The van der Waals surface area contributed by atoms with Crippen LogP contribution in [0.2, 0.25) is 0 Å². The van der Waals surface area contributed by atoms with Crippen molar-refractivity contribution >= 4 is 11.8 Å². The maximum Gasteiger partial charge on any atom is 0.286 e. The molecule has 0 fully saturated rings. The van der Waals surface area contributed by atoms with Gasteiger partial charge in [0.1, 0.15) is 5.69 Å². The fraction of sp³-hybridized carbons (Fsp3) is 0.200. The molecule has 0 aliphatic rings. The Bertz CT molecular complexity index is 653. The molecule has 116 valence electrons. The first kappa shape index (κ1) is 15.4. The molecule has 0 aliphatic heterocycles. The lowest BCUT2D eigenvalue weighted by Gasteiger charge is -2.11. The van der Waals surface area contributed by atoms with Gasteiger partial charge >= 0.3 is 0 Å². The topological polar surface area (TPSA) is 92.4 Å². The first-order valence-electron chi connectivity index (χ1n) is 6.60. The van der Waals surface area contributed by atoms with E-state index < -0.39 is 11.8 Å². The minimum Gasteiger partial charge on any atom is -0.493 e. The van der Waals surface area contributed by atoms with Crippen LogP contribution < -0.4 is 20.3 Å². The van der Waals surface area contributed by atoms with Crippen molar-refractivity contribution < 1.29 is 19.1 Å². The van der Waals surface area contributed by atoms with Gasteiger partial charge in [0.15, 0.2) is 18.1 Å². The third kappa shape index (κ3) is 4.02. The van der Waals surface area contributed by atoms with E-state index >= 15 is 0 Å². The summed E-state index contributed by atoms with van der Waals surface area (Å²) in [5.74, 6) is 0.0796. The molecule has 3 N–H and O–H groups in total. The third-order valence-corrected chi connectivity index (χ3v) is 2.84. The normalized spacial score (nSPS) is 9.91. The molecule has 0 aliphatic carbocycles. The van der Waals surface area contributed by atoms with Crippen LogP contribution in [0.1, 0.15) is 16.1 Å². The SMILES string of the molecule is COc1cc(C)ccc1OCC(=O)NNC(=O)c1ccc[nH]1. The highest BCUT2D eigenvalue weighted by Gasteiger charge is 2.10. The van der Waals surface area contributed by atoms with E-state index in [1.807, 2.05) is 13.0 Å². The highest BCUT2D eigenvalue weighted by Crippen LogP contribution is 2.27. The molecule has 1 aromatic carbocycles. The Morgan fingerprint density at radius 2 is 2.00 bits per heavy atom. The zero-order valence-electron chi connectivity index (χ0n) is 12.3. The Hall–Kier alpha value is -2.96. The van der Waals surface area contributed by atoms with Gasteiger partial charge in [0.25, 0.3) is 11.8 Å². The second-order valence-electron chi connectivity index (χ2n) is 4.53. The number of aryl methyl sites for hydroxylation is 1. The number of carbonyl (C=O) groups is 2. The van der Waals surface area contributed by atoms with E-state index in [1.54, 1.807) is 30.5 Å². The van der Waals surface area contributed by atoms with E-state index in [-0.39, 0.29) is 6.61 Å². The summed E-state index contributed by atoms with van der Waals surface area (Å²) in [6, 6.07) is 8.65. The summed E-state index contributed by atoms with van der Waals surface area (Å²) >= 11 is 0. The largest absolute Gasteiger partial charge is 0.493 e. The molecule has 2 rings (SSSR count). The molecule has 22 heavy (non-hydrogen) atoms. The first-order valence-corrected chi connectivity index (χ1v) is 6.60. The number of H-pyrrole nitrogens is 1. The van der Waals surface area contributed by atoms with Crippen LogP contribution >= 0.6 is 0 Å². The average molecular weight is 303 g/mol. The number of nitrogens with one attached hydrogen (secondary N) is 3. The van der Waals surface area contributed by atoms with Gasteiger partial charge in [-0.3, -0.25) is 20.4 Å². The summed E-state index contributed by atoms with van der Waals surface area (Å²) in [6.45, 7) is 1.68. The molecule has 2 aromatic rings. The van der Waals surface area contributed by atoms with Crippen molar-refractivity contribution in [2.24, 2.45) is 0 Å².